The number of hydrogen-bond donors (Lipinski definition) is 2. The predicted octanol–water partition coefficient (Wildman–Crippen LogP) is 3.67. The first kappa shape index (κ1) is 22.2. The monoisotopic (exact) mass is 393 g/mol. The van der Waals surface area contributed by atoms with E-state index in [9.17, 15) is 4.79 Å². The van der Waals surface area contributed by atoms with E-state index in [1.807, 2.05) is 31.2 Å². The molecule has 23 heavy (non-hydrogen) atoms. The van der Waals surface area contributed by atoms with Gasteiger partial charge < -0.3 is 11.1 Å². The van der Waals surface area contributed by atoms with Gasteiger partial charge in [0.1, 0.15) is 0 Å². The van der Waals surface area contributed by atoms with Gasteiger partial charge in [0, 0.05) is 28.1 Å². The number of thioether (sulfide) groups is 1. The highest BCUT2D eigenvalue weighted by Gasteiger charge is 2.05. The molecule has 0 unspecified atom stereocenters. The summed E-state index contributed by atoms with van der Waals surface area (Å²) in [7, 11) is 0. The van der Waals surface area contributed by atoms with Gasteiger partial charge in [0.15, 0.2) is 0 Å². The number of nitrogens with two attached hydrogens (primary N) is 1. The van der Waals surface area contributed by atoms with Crippen LogP contribution in [0.4, 0.5) is 0 Å². The van der Waals surface area contributed by atoms with Crippen molar-refractivity contribution in [2.75, 3.05) is 13.1 Å². The number of carbonyl (C=O) groups excluding carboxylic acids is 1. The molecule has 1 amide bonds. The smallest absolute Gasteiger partial charge is 0.251 e. The average Bonchev–Trinajstić information content (AvgIpc) is 2.91. The van der Waals surface area contributed by atoms with E-state index in [2.05, 4.69) is 15.7 Å². The molecule has 0 aliphatic rings. The van der Waals surface area contributed by atoms with E-state index >= 15 is 0 Å². The summed E-state index contributed by atoms with van der Waals surface area (Å²) in [4.78, 5) is 17.4. The normalized spacial score (nSPS) is 9.65. The van der Waals surface area contributed by atoms with Gasteiger partial charge in [-0.05, 0) is 44.2 Å². The molecule has 2 aromatic rings. The van der Waals surface area contributed by atoms with Crippen molar-refractivity contribution in [3.05, 3.63) is 45.9 Å². The van der Waals surface area contributed by atoms with E-state index in [1.165, 1.54) is 0 Å². The lowest BCUT2D eigenvalue weighted by atomic mass is 10.2. The summed E-state index contributed by atoms with van der Waals surface area (Å²) in [5.74, 6) is 0.807. The van der Waals surface area contributed by atoms with E-state index in [0.29, 0.717) is 18.7 Å². The number of aromatic nitrogens is 1. The molecule has 0 fully saturated rings. The van der Waals surface area contributed by atoms with Crippen LogP contribution in [-0.4, -0.2) is 24.0 Å². The second-order valence-corrected chi connectivity index (χ2v) is 6.68. The van der Waals surface area contributed by atoms with Gasteiger partial charge in [-0.2, -0.15) is 0 Å². The largest absolute Gasteiger partial charge is 0.352 e. The molecule has 4 nitrogen and oxygen atoms in total. The van der Waals surface area contributed by atoms with Crippen molar-refractivity contribution in [1.82, 2.24) is 10.3 Å². The number of thiazole rings is 1. The summed E-state index contributed by atoms with van der Waals surface area (Å²) in [6.07, 6.45) is 0.798. The van der Waals surface area contributed by atoms with E-state index in [-0.39, 0.29) is 30.7 Å². The lowest BCUT2D eigenvalue weighted by molar-refractivity contribution is 0.0953. The molecule has 2 rings (SSSR count). The van der Waals surface area contributed by atoms with Gasteiger partial charge in [0.05, 0.1) is 10.7 Å². The molecule has 1 heterocycles. The highest BCUT2D eigenvalue weighted by molar-refractivity contribution is 7.98. The summed E-state index contributed by atoms with van der Waals surface area (Å²) in [5.41, 5.74) is 7.18. The Hall–Kier alpha value is -0.790. The zero-order chi connectivity index (χ0) is 15.1. The molecule has 0 saturated carbocycles. The molecule has 128 valence electrons. The number of amides is 1. The first-order valence-electron chi connectivity index (χ1n) is 6.81. The Morgan fingerprint density at radius 1 is 1.30 bits per heavy atom. The van der Waals surface area contributed by atoms with E-state index in [0.717, 1.165) is 27.8 Å². The average molecular weight is 394 g/mol. The SMILES string of the molecule is Cc1nc(CSc2ccc(C(=O)NCCCN)cc2)cs1.Cl.Cl. The van der Waals surface area contributed by atoms with Crippen LogP contribution in [0, 0.1) is 6.92 Å². The molecule has 1 aromatic heterocycles. The fourth-order valence-electron chi connectivity index (χ4n) is 1.74. The molecule has 0 spiro atoms. The lowest BCUT2D eigenvalue weighted by Crippen LogP contribution is -2.25. The van der Waals surface area contributed by atoms with Gasteiger partial charge in [-0.15, -0.1) is 47.9 Å². The Labute approximate surface area is 157 Å². The molecular weight excluding hydrogens is 373 g/mol. The van der Waals surface area contributed by atoms with E-state index in [4.69, 9.17) is 5.73 Å². The van der Waals surface area contributed by atoms with Gasteiger partial charge in [-0.3, -0.25) is 4.79 Å². The Bertz CT molecular complexity index is 591. The van der Waals surface area contributed by atoms with Crippen LogP contribution in [0.25, 0.3) is 0 Å². The predicted molar refractivity (Wildman–Crippen MR) is 103 cm³/mol. The maximum atomic E-state index is 11.8. The summed E-state index contributed by atoms with van der Waals surface area (Å²) < 4.78 is 0. The molecular formula is C15H21Cl2N3OS2. The van der Waals surface area contributed by atoms with Crippen molar-refractivity contribution < 1.29 is 4.79 Å². The fourth-order valence-corrected chi connectivity index (χ4v) is 3.25. The molecule has 0 atom stereocenters. The van der Waals surface area contributed by atoms with Gasteiger partial charge in [0.25, 0.3) is 5.91 Å². The summed E-state index contributed by atoms with van der Waals surface area (Å²) in [5, 5.41) is 6.02. The third-order valence-electron chi connectivity index (χ3n) is 2.84. The van der Waals surface area contributed by atoms with Crippen LogP contribution in [0.15, 0.2) is 34.5 Å². The number of carbonyl (C=O) groups is 1. The van der Waals surface area contributed by atoms with Crippen LogP contribution in [0.3, 0.4) is 0 Å². The number of nitrogens with zero attached hydrogens (tertiary/aromatic N) is 1. The van der Waals surface area contributed by atoms with Crippen LogP contribution in [0.2, 0.25) is 0 Å². The minimum absolute atomic E-state index is 0. The number of hydrogen-bond acceptors (Lipinski definition) is 5. The molecule has 1 aromatic carbocycles. The maximum Gasteiger partial charge on any atom is 0.251 e. The third-order valence-corrected chi connectivity index (χ3v) is 4.70. The number of rotatable bonds is 7. The third kappa shape index (κ3) is 7.54. The van der Waals surface area contributed by atoms with Crippen LogP contribution in [-0.2, 0) is 5.75 Å². The lowest BCUT2D eigenvalue weighted by Gasteiger charge is -2.05. The molecule has 3 N–H and O–H groups in total. The van der Waals surface area contributed by atoms with E-state index in [1.54, 1.807) is 23.1 Å². The van der Waals surface area contributed by atoms with Crippen LogP contribution >= 0.6 is 47.9 Å². The van der Waals surface area contributed by atoms with Crippen molar-refractivity contribution >= 4 is 53.8 Å². The van der Waals surface area contributed by atoms with Crippen LogP contribution in [0.1, 0.15) is 27.5 Å². The quantitative estimate of drug-likeness (QED) is 0.556. The Morgan fingerprint density at radius 3 is 2.57 bits per heavy atom. The van der Waals surface area contributed by atoms with Crippen molar-refractivity contribution in [3.63, 3.8) is 0 Å². The van der Waals surface area contributed by atoms with Crippen molar-refractivity contribution in [2.45, 2.75) is 24.0 Å². The first-order valence-corrected chi connectivity index (χ1v) is 8.67. The van der Waals surface area contributed by atoms with Crippen molar-refractivity contribution in [1.29, 1.82) is 0 Å². The Morgan fingerprint density at radius 2 is 2.00 bits per heavy atom. The number of aryl methyl sites for hydroxylation is 1. The van der Waals surface area contributed by atoms with Gasteiger partial charge in [0.2, 0.25) is 0 Å². The topological polar surface area (TPSA) is 68.0 Å². The Balaban J connectivity index is 0.00000242. The fraction of sp³-hybridized carbons (Fsp3) is 0.333. The van der Waals surface area contributed by atoms with Crippen molar-refractivity contribution in [3.8, 4) is 0 Å². The first-order chi connectivity index (χ1) is 10.2. The number of nitrogens with one attached hydrogen (secondary N) is 1. The zero-order valence-electron chi connectivity index (χ0n) is 12.8. The molecule has 0 bridgehead atoms. The second kappa shape index (κ2) is 11.7. The van der Waals surface area contributed by atoms with Crippen LogP contribution in [0.5, 0.6) is 0 Å². The van der Waals surface area contributed by atoms with Gasteiger partial charge in [-0.1, -0.05) is 0 Å². The molecule has 0 radical (unpaired) electrons. The number of halogens is 2. The summed E-state index contributed by atoms with van der Waals surface area (Å²) in [6.45, 7) is 3.22. The van der Waals surface area contributed by atoms with Gasteiger partial charge >= 0.3 is 0 Å². The minimum atomic E-state index is -0.0462. The molecule has 0 aliphatic carbocycles. The molecule has 0 aliphatic heterocycles. The Kier molecular flexibility index (Phi) is 11.3. The van der Waals surface area contributed by atoms with Crippen LogP contribution < -0.4 is 11.1 Å². The van der Waals surface area contributed by atoms with Gasteiger partial charge in [-0.25, -0.2) is 4.98 Å². The maximum absolute atomic E-state index is 11.8. The van der Waals surface area contributed by atoms with Crippen molar-refractivity contribution in [2.24, 2.45) is 5.73 Å². The second-order valence-electron chi connectivity index (χ2n) is 4.57. The summed E-state index contributed by atoms with van der Waals surface area (Å²) in [6, 6.07) is 7.66. The summed E-state index contributed by atoms with van der Waals surface area (Å²) >= 11 is 3.39. The van der Waals surface area contributed by atoms with E-state index < -0.39 is 0 Å². The highest BCUT2D eigenvalue weighted by atomic mass is 35.5. The molecule has 8 heteroatoms. The zero-order valence-corrected chi connectivity index (χ0v) is 16.0. The molecule has 0 saturated heterocycles. The highest BCUT2D eigenvalue weighted by Crippen LogP contribution is 2.23. The standard InChI is InChI=1S/C15H19N3OS2.2ClH/c1-11-18-13(9-20-11)10-21-14-5-3-12(4-6-14)15(19)17-8-2-7-16;;/h3-6,9H,2,7-8,10,16H2,1H3,(H,17,19);2*1H. The number of benzene rings is 1. The minimum Gasteiger partial charge on any atom is -0.352 e.